The van der Waals surface area contributed by atoms with Crippen LogP contribution in [-0.2, 0) is 4.79 Å². The van der Waals surface area contributed by atoms with Crippen molar-refractivity contribution < 1.29 is 9.18 Å². The molecular weight excluding hydrogens is 253 g/mol. The first-order chi connectivity index (χ1) is 9.56. The van der Waals surface area contributed by atoms with Crippen LogP contribution in [0.1, 0.15) is 34.6 Å². The van der Waals surface area contributed by atoms with Gasteiger partial charge in [0.25, 0.3) is 0 Å². The zero-order valence-electron chi connectivity index (χ0n) is 11.5. The number of amides is 1. The second-order valence-corrected chi connectivity index (χ2v) is 5.35. The summed E-state index contributed by atoms with van der Waals surface area (Å²) < 4.78 is 14.0. The van der Waals surface area contributed by atoms with Gasteiger partial charge in [-0.1, -0.05) is 24.3 Å². The molecule has 0 bridgehead atoms. The Labute approximate surface area is 117 Å². The number of nitrogens with one attached hydrogen (secondary N) is 1. The van der Waals surface area contributed by atoms with Gasteiger partial charge in [-0.15, -0.1) is 0 Å². The van der Waals surface area contributed by atoms with Gasteiger partial charge in [-0.25, -0.2) is 4.39 Å². The molecule has 0 spiro atoms. The lowest BCUT2D eigenvalue weighted by Crippen LogP contribution is -2.24. The summed E-state index contributed by atoms with van der Waals surface area (Å²) in [7, 11) is 0. The van der Waals surface area contributed by atoms with E-state index in [9.17, 15) is 9.18 Å². The van der Waals surface area contributed by atoms with E-state index in [0.29, 0.717) is 5.56 Å². The van der Waals surface area contributed by atoms with E-state index in [1.54, 1.807) is 12.1 Å². The molecule has 3 heteroatoms. The van der Waals surface area contributed by atoms with E-state index in [2.05, 4.69) is 11.4 Å². The molecule has 0 saturated carbocycles. The summed E-state index contributed by atoms with van der Waals surface area (Å²) in [6, 6.07) is 10.7. The van der Waals surface area contributed by atoms with E-state index in [1.165, 1.54) is 6.07 Å². The molecule has 20 heavy (non-hydrogen) atoms. The van der Waals surface area contributed by atoms with Crippen LogP contribution < -0.4 is 5.32 Å². The predicted octanol–water partition coefficient (Wildman–Crippen LogP) is 3.92. The van der Waals surface area contributed by atoms with Gasteiger partial charge < -0.3 is 5.32 Å². The third kappa shape index (κ3) is 2.09. The molecule has 1 atom stereocenters. The Kier molecular flexibility index (Phi) is 3.05. The molecule has 1 aliphatic rings. The number of rotatable bonds is 1. The Balaban J connectivity index is 2.17. The third-order valence-electron chi connectivity index (χ3n) is 3.99. The average molecular weight is 269 g/mol. The van der Waals surface area contributed by atoms with Crippen LogP contribution in [0.15, 0.2) is 36.4 Å². The quantitative estimate of drug-likeness (QED) is 0.835. The molecule has 0 radical (unpaired) electrons. The minimum absolute atomic E-state index is 0.0611. The number of fused-ring (bicyclic) bond motifs is 1. The molecule has 1 aliphatic heterocycles. The van der Waals surface area contributed by atoms with Crippen LogP contribution in [0.5, 0.6) is 0 Å². The number of benzene rings is 2. The van der Waals surface area contributed by atoms with E-state index in [1.807, 2.05) is 26.0 Å². The van der Waals surface area contributed by atoms with E-state index >= 15 is 0 Å². The van der Waals surface area contributed by atoms with Gasteiger partial charge >= 0.3 is 0 Å². The molecular formula is C17H16FNO. The highest BCUT2D eigenvalue weighted by molar-refractivity contribution is 5.95. The Bertz CT molecular complexity index is 693. The van der Waals surface area contributed by atoms with Gasteiger partial charge in [0.15, 0.2) is 0 Å². The van der Waals surface area contributed by atoms with E-state index < -0.39 is 0 Å². The highest BCUT2D eigenvalue weighted by Gasteiger charge is 2.28. The second kappa shape index (κ2) is 4.75. The van der Waals surface area contributed by atoms with Crippen LogP contribution in [0.2, 0.25) is 0 Å². The molecule has 1 amide bonds. The molecule has 1 N–H and O–H groups in total. The first kappa shape index (κ1) is 12.9. The Morgan fingerprint density at radius 2 is 1.80 bits per heavy atom. The topological polar surface area (TPSA) is 29.1 Å². The number of hydrogen-bond donors (Lipinski definition) is 1. The zero-order valence-corrected chi connectivity index (χ0v) is 11.5. The fourth-order valence-corrected chi connectivity index (χ4v) is 2.77. The number of carbonyl (C=O) groups excluding carboxylic acids is 1. The smallest absolute Gasteiger partial charge is 0.225 e. The fraction of sp³-hybridized carbons (Fsp3) is 0.235. The molecule has 0 aliphatic carbocycles. The molecule has 1 heterocycles. The van der Waals surface area contributed by atoms with Crippen LogP contribution in [-0.4, -0.2) is 5.91 Å². The third-order valence-corrected chi connectivity index (χ3v) is 3.99. The fourth-order valence-electron chi connectivity index (χ4n) is 2.77. The van der Waals surface area contributed by atoms with Gasteiger partial charge in [0, 0.05) is 18.0 Å². The summed E-state index contributed by atoms with van der Waals surface area (Å²) in [5.41, 5.74) is 4.67. The number of halogens is 1. The second-order valence-electron chi connectivity index (χ2n) is 5.35. The Morgan fingerprint density at radius 1 is 1.10 bits per heavy atom. The molecule has 0 fully saturated rings. The van der Waals surface area contributed by atoms with Crippen molar-refractivity contribution in [2.75, 3.05) is 5.32 Å². The highest BCUT2D eigenvalue weighted by atomic mass is 19.1. The van der Waals surface area contributed by atoms with Gasteiger partial charge in [0.1, 0.15) is 5.82 Å². The van der Waals surface area contributed by atoms with E-state index in [0.717, 1.165) is 22.4 Å². The summed E-state index contributed by atoms with van der Waals surface area (Å²) in [5.74, 6) is -0.523. The maximum atomic E-state index is 14.0. The highest BCUT2D eigenvalue weighted by Crippen LogP contribution is 2.39. The van der Waals surface area contributed by atoms with Crippen LogP contribution in [0.3, 0.4) is 0 Å². The summed E-state index contributed by atoms with van der Waals surface area (Å²) >= 11 is 0. The van der Waals surface area contributed by atoms with Crippen molar-refractivity contribution in [3.05, 3.63) is 64.5 Å². The first-order valence-corrected chi connectivity index (χ1v) is 6.71. The van der Waals surface area contributed by atoms with Crippen molar-refractivity contribution in [3.8, 4) is 0 Å². The van der Waals surface area contributed by atoms with Crippen molar-refractivity contribution in [3.63, 3.8) is 0 Å². The van der Waals surface area contributed by atoms with Crippen molar-refractivity contribution in [1.29, 1.82) is 0 Å². The number of carbonyl (C=O) groups is 1. The largest absolute Gasteiger partial charge is 0.326 e. The molecule has 3 rings (SSSR count). The molecule has 0 saturated heterocycles. The lowest BCUT2D eigenvalue weighted by Gasteiger charge is -2.27. The minimum atomic E-state index is -0.253. The van der Waals surface area contributed by atoms with E-state index in [4.69, 9.17) is 0 Å². The summed E-state index contributed by atoms with van der Waals surface area (Å²) in [4.78, 5) is 11.9. The minimum Gasteiger partial charge on any atom is -0.326 e. The Morgan fingerprint density at radius 3 is 2.55 bits per heavy atom. The molecule has 2 aromatic carbocycles. The van der Waals surface area contributed by atoms with Gasteiger partial charge in [-0.3, -0.25) is 4.79 Å². The van der Waals surface area contributed by atoms with Crippen molar-refractivity contribution in [2.45, 2.75) is 26.2 Å². The standard InChI is InChI=1S/C17H16FNO/c1-10-7-14-13(12-5-3-4-6-15(12)18)9-17(20)19-16(14)8-11(10)2/h3-8,13H,9H2,1-2H3,(H,19,20)/t13-/m0/s1. The van der Waals surface area contributed by atoms with Crippen LogP contribution >= 0.6 is 0 Å². The monoisotopic (exact) mass is 269 g/mol. The van der Waals surface area contributed by atoms with E-state index in [-0.39, 0.29) is 24.1 Å². The summed E-state index contributed by atoms with van der Waals surface area (Å²) in [6.07, 6.45) is 0.288. The first-order valence-electron chi connectivity index (χ1n) is 6.71. The predicted molar refractivity (Wildman–Crippen MR) is 77.4 cm³/mol. The number of hydrogen-bond acceptors (Lipinski definition) is 1. The molecule has 2 nitrogen and oxygen atoms in total. The van der Waals surface area contributed by atoms with Crippen LogP contribution in [0.4, 0.5) is 10.1 Å². The number of aryl methyl sites for hydroxylation is 2. The number of anilines is 1. The summed E-state index contributed by atoms with van der Waals surface area (Å²) in [5, 5.41) is 2.89. The molecule has 102 valence electrons. The van der Waals surface area contributed by atoms with Crippen LogP contribution in [0.25, 0.3) is 0 Å². The molecule has 2 aromatic rings. The molecule has 0 unspecified atom stereocenters. The normalized spacial score (nSPS) is 17.6. The van der Waals surface area contributed by atoms with Gasteiger partial charge in [-0.2, -0.15) is 0 Å². The van der Waals surface area contributed by atoms with Crippen LogP contribution in [0, 0.1) is 19.7 Å². The van der Waals surface area contributed by atoms with Crippen molar-refractivity contribution in [1.82, 2.24) is 0 Å². The van der Waals surface area contributed by atoms with Crippen molar-refractivity contribution in [2.24, 2.45) is 0 Å². The zero-order chi connectivity index (χ0) is 14.3. The average Bonchev–Trinajstić information content (AvgIpc) is 2.41. The Hall–Kier alpha value is -2.16. The van der Waals surface area contributed by atoms with Gasteiger partial charge in [-0.05, 0) is 48.2 Å². The maximum Gasteiger partial charge on any atom is 0.225 e. The molecule has 0 aromatic heterocycles. The van der Waals surface area contributed by atoms with Crippen molar-refractivity contribution >= 4 is 11.6 Å². The lowest BCUT2D eigenvalue weighted by atomic mass is 9.83. The lowest BCUT2D eigenvalue weighted by molar-refractivity contribution is -0.116. The van der Waals surface area contributed by atoms with Gasteiger partial charge in [0.2, 0.25) is 5.91 Å². The van der Waals surface area contributed by atoms with Gasteiger partial charge in [0.05, 0.1) is 0 Å². The SMILES string of the molecule is Cc1cc2c(cc1C)[C@H](c1ccccc1F)CC(=O)N2. The maximum absolute atomic E-state index is 14.0. The summed E-state index contributed by atoms with van der Waals surface area (Å²) in [6.45, 7) is 4.04.